The fourth-order valence-corrected chi connectivity index (χ4v) is 1.76. The summed E-state index contributed by atoms with van der Waals surface area (Å²) in [6.45, 7) is 1.13. The molecule has 0 bridgehead atoms. The van der Waals surface area contributed by atoms with Gasteiger partial charge in [-0.3, -0.25) is 0 Å². The average molecular weight is 250 g/mol. The molecule has 6 heteroatoms. The number of halogens is 1. The summed E-state index contributed by atoms with van der Waals surface area (Å²) in [5.41, 5.74) is 1.52. The van der Waals surface area contributed by atoms with Crippen LogP contribution in [0.2, 0.25) is 5.28 Å². The van der Waals surface area contributed by atoms with Crippen LogP contribution in [0.15, 0.2) is 24.4 Å². The maximum Gasteiger partial charge on any atom is 0.243 e. The van der Waals surface area contributed by atoms with E-state index in [0.717, 1.165) is 11.3 Å². The maximum absolute atomic E-state index is 5.70. The van der Waals surface area contributed by atoms with E-state index in [-0.39, 0.29) is 5.28 Å². The molecule has 86 valence electrons. The number of hydrogen-bond acceptors (Lipinski definition) is 5. The van der Waals surface area contributed by atoms with Gasteiger partial charge in [-0.1, -0.05) is 0 Å². The van der Waals surface area contributed by atoms with Crippen molar-refractivity contribution < 1.29 is 9.47 Å². The first kappa shape index (κ1) is 10.3. The largest absolute Gasteiger partial charge is 0.486 e. The minimum absolute atomic E-state index is 0.123. The first-order valence-electron chi connectivity index (χ1n) is 5.08. The average Bonchev–Trinajstić information content (AvgIpc) is 2.38. The van der Waals surface area contributed by atoms with E-state index in [1.54, 1.807) is 6.20 Å². The lowest BCUT2D eigenvalue weighted by atomic mass is 10.1. The third kappa shape index (κ3) is 2.01. The topological polar surface area (TPSA) is 57.1 Å². The van der Waals surface area contributed by atoms with Crippen molar-refractivity contribution >= 4 is 11.6 Å². The molecule has 0 unspecified atom stereocenters. The lowest BCUT2D eigenvalue weighted by Crippen LogP contribution is -2.15. The first-order valence-corrected chi connectivity index (χ1v) is 5.46. The second-order valence-electron chi connectivity index (χ2n) is 3.47. The van der Waals surface area contributed by atoms with Gasteiger partial charge in [-0.25, -0.2) is 4.98 Å². The highest BCUT2D eigenvalue weighted by Gasteiger charge is 2.13. The molecule has 0 N–H and O–H groups in total. The summed E-state index contributed by atoms with van der Waals surface area (Å²) < 4.78 is 10.9. The van der Waals surface area contributed by atoms with E-state index < -0.39 is 0 Å². The Balaban J connectivity index is 2.04. The van der Waals surface area contributed by atoms with Crippen LogP contribution in [-0.4, -0.2) is 28.4 Å². The Bertz CT molecular complexity index is 562. The van der Waals surface area contributed by atoms with Gasteiger partial charge >= 0.3 is 0 Å². The quantitative estimate of drug-likeness (QED) is 0.773. The van der Waals surface area contributed by atoms with Crippen LogP contribution in [0.3, 0.4) is 0 Å². The molecule has 17 heavy (non-hydrogen) atoms. The predicted octanol–water partition coefficient (Wildman–Crippen LogP) is 1.96. The van der Waals surface area contributed by atoms with E-state index in [9.17, 15) is 0 Å². The zero-order valence-corrected chi connectivity index (χ0v) is 9.52. The number of rotatable bonds is 1. The Hall–Kier alpha value is -1.88. The molecule has 1 aromatic heterocycles. The Labute approximate surface area is 102 Å². The highest BCUT2D eigenvalue weighted by molar-refractivity contribution is 6.28. The lowest BCUT2D eigenvalue weighted by molar-refractivity contribution is 0.171. The predicted molar refractivity (Wildman–Crippen MR) is 61.3 cm³/mol. The van der Waals surface area contributed by atoms with Crippen LogP contribution >= 0.6 is 11.6 Å². The van der Waals surface area contributed by atoms with Gasteiger partial charge < -0.3 is 9.47 Å². The molecule has 0 amide bonds. The molecule has 0 aliphatic carbocycles. The minimum Gasteiger partial charge on any atom is -0.486 e. The third-order valence-electron chi connectivity index (χ3n) is 2.37. The number of fused-ring (bicyclic) bond motifs is 1. The van der Waals surface area contributed by atoms with E-state index in [4.69, 9.17) is 21.1 Å². The van der Waals surface area contributed by atoms with Crippen molar-refractivity contribution in [2.24, 2.45) is 0 Å². The smallest absolute Gasteiger partial charge is 0.243 e. The van der Waals surface area contributed by atoms with Gasteiger partial charge in [0.05, 0.1) is 11.9 Å². The standard InChI is InChI=1S/C11H8ClN3O2/c12-11-14-8(6-13-15-11)7-1-2-9-10(5-7)17-4-3-16-9/h1-2,5-6H,3-4H2. The summed E-state index contributed by atoms with van der Waals surface area (Å²) >= 11 is 5.70. The summed E-state index contributed by atoms with van der Waals surface area (Å²) in [6.07, 6.45) is 1.55. The molecule has 0 spiro atoms. The number of aromatic nitrogens is 3. The number of hydrogen-bond donors (Lipinski definition) is 0. The molecule has 0 fully saturated rings. The summed E-state index contributed by atoms with van der Waals surface area (Å²) in [5, 5.41) is 7.48. The lowest BCUT2D eigenvalue weighted by Gasteiger charge is -2.18. The van der Waals surface area contributed by atoms with E-state index in [0.29, 0.717) is 24.7 Å². The number of benzene rings is 1. The van der Waals surface area contributed by atoms with Crippen LogP contribution in [0.4, 0.5) is 0 Å². The molecule has 2 heterocycles. The van der Waals surface area contributed by atoms with Crippen molar-refractivity contribution in [3.63, 3.8) is 0 Å². The number of nitrogens with zero attached hydrogens (tertiary/aromatic N) is 3. The molecule has 5 nitrogen and oxygen atoms in total. The second kappa shape index (κ2) is 4.18. The van der Waals surface area contributed by atoms with Gasteiger partial charge in [0.25, 0.3) is 0 Å². The van der Waals surface area contributed by atoms with Crippen LogP contribution in [-0.2, 0) is 0 Å². The summed E-state index contributed by atoms with van der Waals surface area (Å²) in [5.74, 6) is 1.46. The molecule has 0 saturated carbocycles. The Kier molecular flexibility index (Phi) is 2.53. The monoisotopic (exact) mass is 249 g/mol. The maximum atomic E-state index is 5.70. The van der Waals surface area contributed by atoms with Crippen molar-refractivity contribution in [3.8, 4) is 22.8 Å². The zero-order chi connectivity index (χ0) is 11.7. The molecular weight excluding hydrogens is 242 g/mol. The van der Waals surface area contributed by atoms with Crippen LogP contribution in [0.1, 0.15) is 0 Å². The van der Waals surface area contributed by atoms with Crippen LogP contribution in [0.25, 0.3) is 11.3 Å². The molecule has 1 aromatic carbocycles. The molecule has 1 aliphatic rings. The van der Waals surface area contributed by atoms with Gasteiger partial charge in [-0.05, 0) is 29.8 Å². The second-order valence-corrected chi connectivity index (χ2v) is 3.81. The first-order chi connectivity index (χ1) is 8.33. The van der Waals surface area contributed by atoms with Crippen LogP contribution in [0, 0.1) is 0 Å². The minimum atomic E-state index is 0.123. The van der Waals surface area contributed by atoms with Gasteiger partial charge in [0, 0.05) is 5.56 Å². The molecule has 0 atom stereocenters. The third-order valence-corrected chi connectivity index (χ3v) is 2.53. The molecule has 0 saturated heterocycles. The molecule has 0 radical (unpaired) electrons. The van der Waals surface area contributed by atoms with E-state index in [1.165, 1.54) is 0 Å². The van der Waals surface area contributed by atoms with Crippen LogP contribution < -0.4 is 9.47 Å². The van der Waals surface area contributed by atoms with Crippen molar-refractivity contribution in [2.75, 3.05) is 13.2 Å². The van der Waals surface area contributed by atoms with Gasteiger partial charge in [-0.2, -0.15) is 5.10 Å². The normalized spacial score (nSPS) is 13.5. The summed E-state index contributed by atoms with van der Waals surface area (Å²) in [7, 11) is 0. The van der Waals surface area contributed by atoms with E-state index in [2.05, 4.69) is 15.2 Å². The van der Waals surface area contributed by atoms with E-state index >= 15 is 0 Å². The van der Waals surface area contributed by atoms with Gasteiger partial charge in [0.2, 0.25) is 5.28 Å². The van der Waals surface area contributed by atoms with Crippen molar-refractivity contribution in [1.29, 1.82) is 0 Å². The van der Waals surface area contributed by atoms with Crippen molar-refractivity contribution in [1.82, 2.24) is 15.2 Å². The molecule has 1 aliphatic heterocycles. The SMILES string of the molecule is Clc1nncc(-c2ccc3c(c2)OCCO3)n1. The fourth-order valence-electron chi connectivity index (χ4n) is 1.62. The Morgan fingerprint density at radius 1 is 1.12 bits per heavy atom. The van der Waals surface area contributed by atoms with Crippen molar-refractivity contribution in [2.45, 2.75) is 0 Å². The summed E-state index contributed by atoms with van der Waals surface area (Å²) in [6, 6.07) is 5.59. The zero-order valence-electron chi connectivity index (χ0n) is 8.76. The van der Waals surface area contributed by atoms with E-state index in [1.807, 2.05) is 18.2 Å². The van der Waals surface area contributed by atoms with Crippen LogP contribution in [0.5, 0.6) is 11.5 Å². The number of ether oxygens (including phenoxy) is 2. The van der Waals surface area contributed by atoms with Gasteiger partial charge in [0.15, 0.2) is 11.5 Å². The molecule has 3 rings (SSSR count). The highest BCUT2D eigenvalue weighted by atomic mass is 35.5. The summed E-state index contributed by atoms with van der Waals surface area (Å²) in [4.78, 5) is 4.09. The Morgan fingerprint density at radius 2 is 1.94 bits per heavy atom. The van der Waals surface area contributed by atoms with Gasteiger partial charge in [0.1, 0.15) is 13.2 Å². The highest BCUT2D eigenvalue weighted by Crippen LogP contribution is 2.33. The fraction of sp³-hybridized carbons (Fsp3) is 0.182. The molecular formula is C11H8ClN3O2. The Morgan fingerprint density at radius 3 is 2.76 bits per heavy atom. The van der Waals surface area contributed by atoms with Gasteiger partial charge in [-0.15, -0.1) is 5.10 Å². The van der Waals surface area contributed by atoms with Crippen molar-refractivity contribution in [3.05, 3.63) is 29.7 Å². The molecule has 2 aromatic rings.